The van der Waals surface area contributed by atoms with E-state index in [1.807, 2.05) is 0 Å². The summed E-state index contributed by atoms with van der Waals surface area (Å²) in [6.45, 7) is 7.27. The zero-order valence-electron chi connectivity index (χ0n) is 61.1. The SMILES string of the molecule is CCCCCCCCCCCCCCCCC(=O)OC[C@H](COP(=O)(O)OC[C@@H](O)COP(=O)(O)OC[C@@H](COC(=O)CCCCCCC)OC(=O)CCCCCCCCCCCCCCC)OC(=O)CCCCCCCCCCCCCCCCCCCCC(C)CC. The average molecular weight is 1380 g/mol. The zero-order valence-corrected chi connectivity index (χ0v) is 62.9. The topological polar surface area (TPSA) is 237 Å². The van der Waals surface area contributed by atoms with Crippen LogP contribution < -0.4 is 0 Å². The van der Waals surface area contributed by atoms with Crippen molar-refractivity contribution in [3.63, 3.8) is 0 Å². The van der Waals surface area contributed by atoms with E-state index in [1.165, 1.54) is 212 Å². The zero-order chi connectivity index (χ0) is 69.1. The highest BCUT2D eigenvalue weighted by atomic mass is 31.2. The van der Waals surface area contributed by atoms with Crippen molar-refractivity contribution in [2.45, 2.75) is 412 Å². The van der Waals surface area contributed by atoms with Crippen molar-refractivity contribution in [3.05, 3.63) is 0 Å². The first-order valence-electron chi connectivity index (χ1n) is 39.2. The van der Waals surface area contributed by atoms with Crippen LogP contribution in [-0.4, -0.2) is 96.7 Å². The quantitative estimate of drug-likeness (QED) is 0.0222. The lowest BCUT2D eigenvalue weighted by Crippen LogP contribution is -2.30. The lowest BCUT2D eigenvalue weighted by Gasteiger charge is -2.21. The minimum Gasteiger partial charge on any atom is -0.462 e. The summed E-state index contributed by atoms with van der Waals surface area (Å²) in [4.78, 5) is 72.4. The molecule has 17 nitrogen and oxygen atoms in total. The number of phosphoric ester groups is 2. The molecule has 0 aliphatic carbocycles. The third kappa shape index (κ3) is 67.3. The maximum atomic E-state index is 13.1. The predicted molar refractivity (Wildman–Crippen MR) is 382 cm³/mol. The van der Waals surface area contributed by atoms with Gasteiger partial charge in [0.1, 0.15) is 19.3 Å². The summed E-state index contributed by atoms with van der Waals surface area (Å²) in [5.41, 5.74) is 0. The minimum atomic E-state index is -4.95. The van der Waals surface area contributed by atoms with Crippen LogP contribution >= 0.6 is 15.6 Å². The molecule has 0 rings (SSSR count). The van der Waals surface area contributed by atoms with Crippen molar-refractivity contribution in [1.29, 1.82) is 0 Å². The van der Waals surface area contributed by atoms with Crippen LogP contribution in [0.2, 0.25) is 0 Å². The monoisotopic (exact) mass is 1380 g/mol. The van der Waals surface area contributed by atoms with Gasteiger partial charge in [-0.2, -0.15) is 0 Å². The highest BCUT2D eigenvalue weighted by Gasteiger charge is 2.30. The fourth-order valence-corrected chi connectivity index (χ4v) is 13.1. The van der Waals surface area contributed by atoms with Gasteiger partial charge in [-0.1, -0.05) is 343 Å². The molecule has 3 N–H and O–H groups in total. The molecule has 19 heteroatoms. The second kappa shape index (κ2) is 68.2. The van der Waals surface area contributed by atoms with E-state index in [2.05, 4.69) is 34.6 Å². The molecule has 0 saturated heterocycles. The Bertz CT molecular complexity index is 1810. The summed E-state index contributed by atoms with van der Waals surface area (Å²) in [5.74, 6) is -1.25. The van der Waals surface area contributed by atoms with Crippen LogP contribution in [0.3, 0.4) is 0 Å². The maximum Gasteiger partial charge on any atom is 0.472 e. The van der Waals surface area contributed by atoms with E-state index >= 15 is 0 Å². The van der Waals surface area contributed by atoms with Crippen molar-refractivity contribution < 1.29 is 80.2 Å². The molecule has 0 aliphatic heterocycles. The first-order chi connectivity index (χ1) is 45.6. The molecule has 0 amide bonds. The molecule has 0 aromatic heterocycles. The van der Waals surface area contributed by atoms with Gasteiger partial charge in [-0.05, 0) is 31.6 Å². The Hall–Kier alpha value is -1.94. The summed E-state index contributed by atoms with van der Waals surface area (Å²) in [6, 6.07) is 0. The molecule has 0 aromatic carbocycles. The Morgan fingerprint density at radius 3 is 0.755 bits per heavy atom. The van der Waals surface area contributed by atoms with E-state index in [0.29, 0.717) is 25.7 Å². The van der Waals surface area contributed by atoms with Crippen LogP contribution in [-0.2, 0) is 65.4 Å². The van der Waals surface area contributed by atoms with E-state index < -0.39 is 97.5 Å². The van der Waals surface area contributed by atoms with E-state index in [0.717, 1.165) is 102 Å². The van der Waals surface area contributed by atoms with Crippen LogP contribution in [0.1, 0.15) is 394 Å². The second-order valence-electron chi connectivity index (χ2n) is 27.3. The number of esters is 4. The highest BCUT2D eigenvalue weighted by molar-refractivity contribution is 7.47. The number of aliphatic hydroxyl groups is 1. The molecule has 3 unspecified atom stereocenters. The molecule has 558 valence electrons. The lowest BCUT2D eigenvalue weighted by atomic mass is 9.99. The van der Waals surface area contributed by atoms with Crippen molar-refractivity contribution in [2.75, 3.05) is 39.6 Å². The van der Waals surface area contributed by atoms with E-state index in [-0.39, 0.29) is 25.7 Å². The van der Waals surface area contributed by atoms with Crippen molar-refractivity contribution in [1.82, 2.24) is 0 Å². The fourth-order valence-electron chi connectivity index (χ4n) is 11.5. The number of ether oxygens (including phenoxy) is 4. The molecule has 0 bridgehead atoms. The van der Waals surface area contributed by atoms with Gasteiger partial charge in [0.2, 0.25) is 0 Å². The molecule has 0 saturated carbocycles. The van der Waals surface area contributed by atoms with Gasteiger partial charge in [0.05, 0.1) is 26.4 Å². The molecule has 94 heavy (non-hydrogen) atoms. The molecule has 0 spiro atoms. The largest absolute Gasteiger partial charge is 0.472 e. The van der Waals surface area contributed by atoms with Crippen molar-refractivity contribution >= 4 is 39.5 Å². The Kier molecular flexibility index (Phi) is 66.8. The van der Waals surface area contributed by atoms with Crippen LogP contribution in [0, 0.1) is 5.92 Å². The van der Waals surface area contributed by atoms with Crippen molar-refractivity contribution in [3.8, 4) is 0 Å². The number of carbonyl (C=O) groups excluding carboxylic acids is 4. The third-order valence-electron chi connectivity index (χ3n) is 17.9. The Balaban J connectivity index is 5.11. The highest BCUT2D eigenvalue weighted by Crippen LogP contribution is 2.45. The van der Waals surface area contributed by atoms with E-state index in [9.17, 15) is 43.2 Å². The van der Waals surface area contributed by atoms with E-state index in [4.69, 9.17) is 37.0 Å². The first kappa shape index (κ1) is 92.1. The lowest BCUT2D eigenvalue weighted by molar-refractivity contribution is -0.161. The Morgan fingerprint density at radius 1 is 0.298 bits per heavy atom. The van der Waals surface area contributed by atoms with Crippen LogP contribution in [0.4, 0.5) is 0 Å². The standard InChI is InChI=1S/C75H146O17P2/c1-6-10-13-16-18-20-22-24-33-36-40-44-49-54-59-73(78)86-65-71(92-75(80)61-56-51-46-42-38-34-30-28-26-25-27-29-32-35-39-43-48-52-57-68(5)9-4)67-90-94(83,84)88-63-69(76)62-87-93(81,82)89-66-70(64-85-72(77)58-53-47-15-12-8-3)91-74(79)60-55-50-45-41-37-31-23-21-19-17-14-11-7-2/h68-71,76H,6-67H2,1-5H3,(H,81,82)(H,83,84)/t68?,69-,70+,71+/m0/s1. The van der Waals surface area contributed by atoms with Crippen molar-refractivity contribution in [2.24, 2.45) is 5.92 Å². The molecule has 0 heterocycles. The van der Waals surface area contributed by atoms with Crippen LogP contribution in [0.15, 0.2) is 0 Å². The van der Waals surface area contributed by atoms with Gasteiger partial charge in [0.15, 0.2) is 12.2 Å². The normalized spacial score (nSPS) is 14.3. The number of unbranched alkanes of at least 4 members (excludes halogenated alkanes) is 46. The molecule has 0 aromatic rings. The predicted octanol–water partition coefficient (Wildman–Crippen LogP) is 22.1. The minimum absolute atomic E-state index is 0.107. The number of rotatable bonds is 75. The fraction of sp³-hybridized carbons (Fsp3) is 0.947. The molecule has 0 aliphatic rings. The third-order valence-corrected chi connectivity index (χ3v) is 19.8. The number of hydrogen-bond acceptors (Lipinski definition) is 15. The van der Waals surface area contributed by atoms with Crippen LogP contribution in [0.5, 0.6) is 0 Å². The summed E-state index contributed by atoms with van der Waals surface area (Å²) in [7, 11) is -9.90. The number of aliphatic hydroxyl groups excluding tert-OH is 1. The van der Waals surface area contributed by atoms with Gasteiger partial charge >= 0.3 is 39.5 Å². The number of carbonyl (C=O) groups is 4. The number of phosphoric acid groups is 2. The van der Waals surface area contributed by atoms with Gasteiger partial charge in [-0.3, -0.25) is 37.3 Å². The molecule has 0 radical (unpaired) electrons. The van der Waals surface area contributed by atoms with Gasteiger partial charge in [0.25, 0.3) is 0 Å². The summed E-state index contributed by atoms with van der Waals surface area (Å²) in [6.07, 6.45) is 57.2. The maximum absolute atomic E-state index is 13.1. The molecule has 0 fully saturated rings. The molecular formula is C75H146O17P2. The van der Waals surface area contributed by atoms with Gasteiger partial charge in [-0.25, -0.2) is 9.13 Å². The summed E-state index contributed by atoms with van der Waals surface area (Å²) in [5, 5.41) is 10.6. The van der Waals surface area contributed by atoms with Gasteiger partial charge in [-0.15, -0.1) is 0 Å². The Labute approximate surface area is 575 Å². The second-order valence-corrected chi connectivity index (χ2v) is 30.2. The van der Waals surface area contributed by atoms with Gasteiger partial charge < -0.3 is 33.8 Å². The smallest absolute Gasteiger partial charge is 0.462 e. The summed E-state index contributed by atoms with van der Waals surface area (Å²) < 4.78 is 68.2. The first-order valence-corrected chi connectivity index (χ1v) is 42.2. The van der Waals surface area contributed by atoms with Gasteiger partial charge in [0, 0.05) is 25.7 Å². The summed E-state index contributed by atoms with van der Waals surface area (Å²) >= 11 is 0. The van der Waals surface area contributed by atoms with Crippen LogP contribution in [0.25, 0.3) is 0 Å². The molecule has 6 atom stereocenters. The average Bonchev–Trinajstić information content (AvgIpc) is 1.94. The Morgan fingerprint density at radius 2 is 0.511 bits per heavy atom. The van der Waals surface area contributed by atoms with E-state index in [1.54, 1.807) is 0 Å². The molecular weight excluding hydrogens is 1230 g/mol. The number of hydrogen-bond donors (Lipinski definition) is 3.